The molecule has 1 aliphatic rings. The van der Waals surface area contributed by atoms with Gasteiger partial charge in [0.05, 0.1) is 26.3 Å². The Morgan fingerprint density at radius 2 is 1.66 bits per heavy atom. The molecule has 0 atom stereocenters. The molecule has 2 aromatic carbocycles. The van der Waals surface area contributed by atoms with E-state index in [1.165, 1.54) is 0 Å². The van der Waals surface area contributed by atoms with E-state index in [9.17, 15) is 4.79 Å². The number of aliphatic hydroxyl groups is 1. The van der Waals surface area contributed by atoms with Crippen molar-refractivity contribution in [2.75, 3.05) is 45.3 Å². The summed E-state index contributed by atoms with van der Waals surface area (Å²) in [5, 5.41) is 13.0. The third-order valence-electron chi connectivity index (χ3n) is 5.64. The number of carbonyl (C=O) groups excluding carboxylic acids is 1. The second-order valence-electron chi connectivity index (χ2n) is 7.53. The van der Waals surface area contributed by atoms with Crippen LogP contribution >= 0.6 is 0 Å². The minimum absolute atomic E-state index is 0.0128. The highest BCUT2D eigenvalue weighted by molar-refractivity contribution is 5.92. The predicted molar refractivity (Wildman–Crippen MR) is 121 cm³/mol. The number of anilines is 1. The van der Waals surface area contributed by atoms with Gasteiger partial charge in [-0.2, -0.15) is 0 Å². The fraction of sp³-hybridized carbons (Fsp3) is 0.348. The molecule has 9 heteroatoms. The van der Waals surface area contributed by atoms with Crippen molar-refractivity contribution in [2.45, 2.75) is 13.2 Å². The molecule has 0 aliphatic carbocycles. The molecule has 2 amide bonds. The van der Waals surface area contributed by atoms with Gasteiger partial charge in [-0.3, -0.25) is 0 Å². The van der Waals surface area contributed by atoms with Crippen molar-refractivity contribution in [2.24, 2.45) is 0 Å². The van der Waals surface area contributed by atoms with Gasteiger partial charge in [0.2, 0.25) is 0 Å². The molecule has 3 aromatic rings. The molecule has 0 radical (unpaired) electrons. The molecule has 2 N–H and O–H groups in total. The summed E-state index contributed by atoms with van der Waals surface area (Å²) in [4.78, 5) is 25.4. The molecule has 1 aromatic heterocycles. The second-order valence-corrected chi connectivity index (χ2v) is 7.53. The van der Waals surface area contributed by atoms with Gasteiger partial charge in [-0.05, 0) is 17.2 Å². The zero-order valence-electron chi connectivity index (χ0n) is 18.2. The van der Waals surface area contributed by atoms with Crippen LogP contribution in [0, 0.1) is 0 Å². The molecule has 0 spiro atoms. The summed E-state index contributed by atoms with van der Waals surface area (Å²) >= 11 is 0. The Labute approximate surface area is 186 Å². The van der Waals surface area contributed by atoms with Gasteiger partial charge in [0.15, 0.2) is 11.5 Å². The minimum atomic E-state index is -0.0881. The molecule has 0 unspecified atom stereocenters. The largest absolute Gasteiger partial charge is 0.493 e. The average Bonchev–Trinajstić information content (AvgIpc) is 2.86. The summed E-state index contributed by atoms with van der Waals surface area (Å²) < 4.78 is 10.8. The summed E-state index contributed by atoms with van der Waals surface area (Å²) in [6, 6.07) is 11.2. The maximum Gasteiger partial charge on any atom is 0.317 e. The maximum atomic E-state index is 12.6. The lowest BCUT2D eigenvalue weighted by Crippen LogP contribution is -2.52. The molecular formula is C23H27N5O4. The van der Waals surface area contributed by atoms with E-state index in [2.05, 4.69) is 20.2 Å². The SMILES string of the molecule is COc1cc2ncnc(N3CCN(C(=O)NCc4ccc(CO)cc4)CC3)c2cc1OC. The number of methoxy groups -OCH3 is 2. The number of hydrogen-bond donors (Lipinski definition) is 2. The molecular weight excluding hydrogens is 410 g/mol. The highest BCUT2D eigenvalue weighted by atomic mass is 16.5. The van der Waals surface area contributed by atoms with Gasteiger partial charge in [0.25, 0.3) is 0 Å². The van der Waals surface area contributed by atoms with Gasteiger partial charge >= 0.3 is 6.03 Å². The number of nitrogens with one attached hydrogen (secondary N) is 1. The number of carbonyl (C=O) groups is 1. The van der Waals surface area contributed by atoms with Gasteiger partial charge in [-0.15, -0.1) is 0 Å². The van der Waals surface area contributed by atoms with Gasteiger partial charge in [-0.1, -0.05) is 24.3 Å². The van der Waals surface area contributed by atoms with Crippen molar-refractivity contribution >= 4 is 22.8 Å². The van der Waals surface area contributed by atoms with Gasteiger partial charge < -0.3 is 29.7 Å². The van der Waals surface area contributed by atoms with Crippen LogP contribution in [-0.2, 0) is 13.2 Å². The number of rotatable bonds is 6. The number of ether oxygens (including phenoxy) is 2. The molecule has 2 heterocycles. The number of benzene rings is 2. The van der Waals surface area contributed by atoms with Crippen molar-refractivity contribution in [3.05, 3.63) is 53.9 Å². The number of piperazine rings is 1. The molecule has 0 saturated carbocycles. The van der Waals surface area contributed by atoms with E-state index in [-0.39, 0.29) is 12.6 Å². The molecule has 4 rings (SSSR count). The number of urea groups is 1. The Morgan fingerprint density at radius 1 is 1.00 bits per heavy atom. The molecule has 0 bridgehead atoms. The first-order valence-electron chi connectivity index (χ1n) is 10.5. The van der Waals surface area contributed by atoms with Crippen LogP contribution in [0.4, 0.5) is 10.6 Å². The Kier molecular flexibility index (Phi) is 6.55. The lowest BCUT2D eigenvalue weighted by molar-refractivity contribution is 0.194. The lowest BCUT2D eigenvalue weighted by Gasteiger charge is -2.35. The van der Waals surface area contributed by atoms with Crippen molar-refractivity contribution < 1.29 is 19.4 Å². The quantitative estimate of drug-likeness (QED) is 0.610. The smallest absolute Gasteiger partial charge is 0.317 e. The summed E-state index contributed by atoms with van der Waals surface area (Å²) in [5.41, 5.74) is 2.62. The first-order chi connectivity index (χ1) is 15.6. The van der Waals surface area contributed by atoms with Crippen LogP contribution in [0.25, 0.3) is 10.9 Å². The molecule has 32 heavy (non-hydrogen) atoms. The Hall–Kier alpha value is -3.59. The molecule has 1 fully saturated rings. The lowest BCUT2D eigenvalue weighted by atomic mass is 10.1. The predicted octanol–water partition coefficient (Wildman–Crippen LogP) is 2.17. The van der Waals surface area contributed by atoms with E-state index >= 15 is 0 Å². The van der Waals surface area contributed by atoms with E-state index in [0.717, 1.165) is 27.8 Å². The van der Waals surface area contributed by atoms with Gasteiger partial charge in [-0.25, -0.2) is 14.8 Å². The average molecular weight is 438 g/mol. The topological polar surface area (TPSA) is 100 Å². The minimum Gasteiger partial charge on any atom is -0.493 e. The number of aliphatic hydroxyl groups excluding tert-OH is 1. The Bertz CT molecular complexity index is 1080. The molecule has 1 saturated heterocycles. The summed E-state index contributed by atoms with van der Waals surface area (Å²) in [6.07, 6.45) is 1.55. The van der Waals surface area contributed by atoms with Crippen molar-refractivity contribution in [1.29, 1.82) is 0 Å². The first kappa shape index (κ1) is 21.6. The molecule has 1 aliphatic heterocycles. The summed E-state index contributed by atoms with van der Waals surface area (Å²) in [7, 11) is 3.20. The van der Waals surface area contributed by atoms with Crippen LogP contribution in [0.1, 0.15) is 11.1 Å². The standard InChI is InChI=1S/C23H27N5O4/c1-31-20-11-18-19(12-21(20)32-2)25-15-26-22(18)27-7-9-28(10-8-27)23(30)24-13-16-3-5-17(14-29)6-4-16/h3-6,11-12,15,29H,7-10,13-14H2,1-2H3,(H,24,30). The van der Waals surface area contributed by atoms with Crippen molar-refractivity contribution in [3.63, 3.8) is 0 Å². The Morgan fingerprint density at radius 3 is 2.31 bits per heavy atom. The molecule has 168 valence electrons. The highest BCUT2D eigenvalue weighted by Crippen LogP contribution is 2.34. The van der Waals surface area contributed by atoms with Gasteiger partial charge in [0.1, 0.15) is 12.1 Å². The fourth-order valence-corrected chi connectivity index (χ4v) is 3.79. The van der Waals surface area contributed by atoms with Crippen LogP contribution in [0.2, 0.25) is 0 Å². The zero-order chi connectivity index (χ0) is 22.5. The third-order valence-corrected chi connectivity index (χ3v) is 5.64. The van der Waals surface area contributed by atoms with E-state index < -0.39 is 0 Å². The van der Waals surface area contributed by atoms with Crippen LogP contribution in [0.3, 0.4) is 0 Å². The number of fused-ring (bicyclic) bond motifs is 1. The summed E-state index contributed by atoms with van der Waals surface area (Å²) in [5.74, 6) is 2.07. The number of hydrogen-bond acceptors (Lipinski definition) is 7. The third kappa shape index (κ3) is 4.52. The van der Waals surface area contributed by atoms with Crippen LogP contribution in [0.15, 0.2) is 42.7 Å². The van der Waals surface area contributed by atoms with E-state index in [0.29, 0.717) is 44.2 Å². The Balaban J connectivity index is 1.39. The maximum absolute atomic E-state index is 12.6. The number of nitrogens with zero attached hydrogens (tertiary/aromatic N) is 4. The van der Waals surface area contributed by atoms with E-state index in [1.807, 2.05) is 41.3 Å². The number of amides is 2. The van der Waals surface area contributed by atoms with Crippen LogP contribution in [-0.4, -0.2) is 66.4 Å². The zero-order valence-corrected chi connectivity index (χ0v) is 18.2. The fourth-order valence-electron chi connectivity index (χ4n) is 3.79. The van der Waals surface area contributed by atoms with E-state index in [1.54, 1.807) is 20.5 Å². The van der Waals surface area contributed by atoms with E-state index in [4.69, 9.17) is 14.6 Å². The van der Waals surface area contributed by atoms with Crippen LogP contribution in [0.5, 0.6) is 11.5 Å². The second kappa shape index (κ2) is 9.69. The normalized spacial score (nSPS) is 13.8. The first-order valence-corrected chi connectivity index (χ1v) is 10.5. The highest BCUT2D eigenvalue weighted by Gasteiger charge is 2.23. The van der Waals surface area contributed by atoms with Gasteiger partial charge in [0, 0.05) is 44.2 Å². The monoisotopic (exact) mass is 437 g/mol. The van der Waals surface area contributed by atoms with Crippen LogP contribution < -0.4 is 19.7 Å². The molecule has 9 nitrogen and oxygen atoms in total. The van der Waals surface area contributed by atoms with Crippen molar-refractivity contribution in [1.82, 2.24) is 20.2 Å². The summed E-state index contributed by atoms with van der Waals surface area (Å²) in [6.45, 7) is 2.97. The number of aromatic nitrogens is 2. The van der Waals surface area contributed by atoms with Crippen molar-refractivity contribution in [3.8, 4) is 11.5 Å².